The molecule has 0 saturated carbocycles. The third-order valence-electron chi connectivity index (χ3n) is 5.69. The number of nitrogens with one attached hydrogen (secondary N) is 2. The van der Waals surface area contributed by atoms with E-state index in [0.717, 1.165) is 36.3 Å². The van der Waals surface area contributed by atoms with Crippen LogP contribution in [-0.4, -0.2) is 38.2 Å². The van der Waals surface area contributed by atoms with Crippen molar-refractivity contribution in [2.24, 2.45) is 0 Å². The molecule has 3 aromatic rings. The molecule has 1 aliphatic heterocycles. The van der Waals surface area contributed by atoms with E-state index in [0.29, 0.717) is 23.4 Å². The smallest absolute Gasteiger partial charge is 0.256 e. The Kier molecular flexibility index (Phi) is 7.73. The number of rotatable bonds is 8. The summed E-state index contributed by atoms with van der Waals surface area (Å²) in [5, 5.41) is 5.86. The molecule has 1 fully saturated rings. The molecular weight excluding hydrogens is 428 g/mol. The van der Waals surface area contributed by atoms with Gasteiger partial charge in [0.25, 0.3) is 11.8 Å². The number of hydrogen-bond acceptors (Lipinski definition) is 4. The summed E-state index contributed by atoms with van der Waals surface area (Å²) in [4.78, 5) is 26.3. The maximum Gasteiger partial charge on any atom is 0.256 e. The lowest BCUT2D eigenvalue weighted by Crippen LogP contribution is -2.32. The van der Waals surface area contributed by atoms with Crippen LogP contribution in [0.1, 0.15) is 34.3 Å². The van der Waals surface area contributed by atoms with Gasteiger partial charge in [0.1, 0.15) is 5.75 Å². The summed E-state index contributed by atoms with van der Waals surface area (Å²) < 4.78 is 10.8. The number of benzene rings is 3. The predicted octanol–water partition coefficient (Wildman–Crippen LogP) is 4.78. The van der Waals surface area contributed by atoms with Gasteiger partial charge in [-0.1, -0.05) is 54.6 Å². The summed E-state index contributed by atoms with van der Waals surface area (Å²) in [6, 6.07) is 23.9. The van der Waals surface area contributed by atoms with E-state index in [-0.39, 0.29) is 17.9 Å². The number of anilines is 1. The molecule has 0 aliphatic carbocycles. The predicted molar refractivity (Wildman–Crippen MR) is 134 cm³/mol. The van der Waals surface area contributed by atoms with E-state index in [2.05, 4.69) is 10.6 Å². The molecular formula is C28H28N2O4. The lowest BCUT2D eigenvalue weighted by molar-refractivity contribution is -0.111. The fourth-order valence-corrected chi connectivity index (χ4v) is 3.85. The van der Waals surface area contributed by atoms with Gasteiger partial charge in [-0.25, -0.2) is 0 Å². The van der Waals surface area contributed by atoms with Gasteiger partial charge in [0, 0.05) is 18.7 Å². The average molecular weight is 457 g/mol. The first-order valence-corrected chi connectivity index (χ1v) is 11.4. The second kappa shape index (κ2) is 11.3. The molecule has 0 spiro atoms. The van der Waals surface area contributed by atoms with E-state index in [1.807, 2.05) is 60.7 Å². The molecule has 0 aromatic heterocycles. The zero-order valence-corrected chi connectivity index (χ0v) is 19.1. The van der Waals surface area contributed by atoms with E-state index < -0.39 is 0 Å². The zero-order chi connectivity index (χ0) is 23.8. The summed E-state index contributed by atoms with van der Waals surface area (Å²) in [7, 11) is 1.61. The van der Waals surface area contributed by atoms with Crippen molar-refractivity contribution < 1.29 is 19.1 Å². The maximum atomic E-state index is 13.4. The first-order valence-electron chi connectivity index (χ1n) is 11.4. The van der Waals surface area contributed by atoms with Crippen LogP contribution in [0.2, 0.25) is 0 Å². The van der Waals surface area contributed by atoms with Crippen molar-refractivity contribution in [3.05, 3.63) is 95.6 Å². The second-order valence-corrected chi connectivity index (χ2v) is 8.04. The molecule has 1 aliphatic rings. The van der Waals surface area contributed by atoms with Crippen molar-refractivity contribution >= 4 is 29.2 Å². The zero-order valence-electron chi connectivity index (χ0n) is 19.1. The van der Waals surface area contributed by atoms with E-state index >= 15 is 0 Å². The lowest BCUT2D eigenvalue weighted by Gasteiger charge is -2.15. The summed E-state index contributed by atoms with van der Waals surface area (Å²) in [5.74, 6) is 0.194. The SMILES string of the molecule is COc1ccc(/C=C(/C(=O)Nc2ccccc2C(=O)NC[C@@H]2CCCO2)c2ccccc2)cc1. The van der Waals surface area contributed by atoms with E-state index in [9.17, 15) is 9.59 Å². The van der Waals surface area contributed by atoms with Crippen LogP contribution in [0.3, 0.4) is 0 Å². The molecule has 6 heteroatoms. The highest BCUT2D eigenvalue weighted by Crippen LogP contribution is 2.23. The van der Waals surface area contributed by atoms with Gasteiger partial charge in [0.15, 0.2) is 0 Å². The van der Waals surface area contributed by atoms with Crippen molar-refractivity contribution in [3.8, 4) is 5.75 Å². The Bertz CT molecular complexity index is 1150. The highest BCUT2D eigenvalue weighted by Gasteiger charge is 2.19. The summed E-state index contributed by atoms with van der Waals surface area (Å²) in [6.45, 7) is 1.18. The van der Waals surface area contributed by atoms with Crippen LogP contribution >= 0.6 is 0 Å². The number of methoxy groups -OCH3 is 1. The quantitative estimate of drug-likeness (QED) is 0.378. The van der Waals surface area contributed by atoms with Crippen molar-refractivity contribution in [2.75, 3.05) is 25.6 Å². The monoisotopic (exact) mass is 456 g/mol. The molecule has 0 radical (unpaired) electrons. The van der Waals surface area contributed by atoms with Gasteiger partial charge in [-0.15, -0.1) is 0 Å². The van der Waals surface area contributed by atoms with Gasteiger partial charge in [-0.3, -0.25) is 9.59 Å². The van der Waals surface area contributed by atoms with Gasteiger partial charge < -0.3 is 20.1 Å². The van der Waals surface area contributed by atoms with E-state index in [1.54, 1.807) is 31.4 Å². The standard InChI is InChI=1S/C28H28N2O4/c1-33-22-15-13-20(14-16-22)18-25(21-8-3-2-4-9-21)28(32)30-26-12-6-5-11-24(26)27(31)29-19-23-10-7-17-34-23/h2-6,8-9,11-16,18,23H,7,10,17,19H2,1H3,(H,29,31)(H,30,32)/b25-18+/t23-/m0/s1. The van der Waals surface area contributed by atoms with E-state index in [4.69, 9.17) is 9.47 Å². The third-order valence-corrected chi connectivity index (χ3v) is 5.69. The number of amides is 2. The van der Waals surface area contributed by atoms with Crippen LogP contribution in [0, 0.1) is 0 Å². The Morgan fingerprint density at radius 2 is 1.74 bits per heavy atom. The molecule has 2 N–H and O–H groups in total. The Morgan fingerprint density at radius 1 is 1.00 bits per heavy atom. The van der Waals surface area contributed by atoms with Crippen LogP contribution < -0.4 is 15.4 Å². The van der Waals surface area contributed by atoms with Gasteiger partial charge in [-0.2, -0.15) is 0 Å². The van der Waals surface area contributed by atoms with Crippen LogP contribution in [0.25, 0.3) is 11.6 Å². The van der Waals surface area contributed by atoms with E-state index in [1.165, 1.54) is 0 Å². The summed E-state index contributed by atoms with van der Waals surface area (Å²) in [6.07, 6.45) is 3.82. The van der Waals surface area contributed by atoms with Crippen LogP contribution in [0.15, 0.2) is 78.9 Å². The molecule has 3 aromatic carbocycles. The highest BCUT2D eigenvalue weighted by atomic mass is 16.5. The van der Waals surface area contributed by atoms with Crippen molar-refractivity contribution in [3.63, 3.8) is 0 Å². The van der Waals surface area contributed by atoms with Crippen LogP contribution in [0.4, 0.5) is 5.69 Å². The molecule has 0 bridgehead atoms. The largest absolute Gasteiger partial charge is 0.497 e. The number of carbonyl (C=O) groups excluding carboxylic acids is 2. The lowest BCUT2D eigenvalue weighted by atomic mass is 10.0. The summed E-state index contributed by atoms with van der Waals surface area (Å²) >= 11 is 0. The Morgan fingerprint density at radius 3 is 2.44 bits per heavy atom. The molecule has 34 heavy (non-hydrogen) atoms. The maximum absolute atomic E-state index is 13.4. The fourth-order valence-electron chi connectivity index (χ4n) is 3.85. The molecule has 2 amide bonds. The van der Waals surface area contributed by atoms with Crippen LogP contribution in [0.5, 0.6) is 5.75 Å². The summed E-state index contributed by atoms with van der Waals surface area (Å²) in [5.41, 5.74) is 2.98. The Labute approximate surface area is 199 Å². The average Bonchev–Trinajstić information content (AvgIpc) is 3.41. The number of para-hydroxylation sites is 1. The Hall–Kier alpha value is -3.90. The molecule has 0 unspecified atom stereocenters. The highest BCUT2D eigenvalue weighted by molar-refractivity contribution is 6.29. The minimum atomic E-state index is -0.304. The third kappa shape index (κ3) is 5.91. The topological polar surface area (TPSA) is 76.7 Å². The van der Waals surface area contributed by atoms with Crippen LogP contribution in [-0.2, 0) is 9.53 Å². The minimum Gasteiger partial charge on any atom is -0.497 e. The van der Waals surface area contributed by atoms with Gasteiger partial charge in [0.05, 0.1) is 24.5 Å². The molecule has 1 saturated heterocycles. The van der Waals surface area contributed by atoms with Crippen molar-refractivity contribution in [1.29, 1.82) is 0 Å². The molecule has 1 heterocycles. The van der Waals surface area contributed by atoms with Crippen molar-refractivity contribution in [2.45, 2.75) is 18.9 Å². The first-order chi connectivity index (χ1) is 16.6. The second-order valence-electron chi connectivity index (χ2n) is 8.04. The van der Waals surface area contributed by atoms with Gasteiger partial charge in [-0.05, 0) is 54.3 Å². The number of carbonyl (C=O) groups is 2. The molecule has 6 nitrogen and oxygen atoms in total. The Balaban J connectivity index is 1.57. The number of hydrogen-bond donors (Lipinski definition) is 2. The van der Waals surface area contributed by atoms with Crippen molar-refractivity contribution in [1.82, 2.24) is 5.32 Å². The normalized spacial score (nSPS) is 15.6. The molecule has 174 valence electrons. The molecule has 1 atom stereocenters. The molecule has 4 rings (SSSR count). The van der Waals surface area contributed by atoms with Gasteiger partial charge >= 0.3 is 0 Å². The first kappa shape index (κ1) is 23.3. The number of ether oxygens (including phenoxy) is 2. The minimum absolute atomic E-state index is 0.0443. The van der Waals surface area contributed by atoms with Gasteiger partial charge in [0.2, 0.25) is 0 Å². The fraction of sp³-hybridized carbons (Fsp3) is 0.214.